The van der Waals surface area contributed by atoms with Crippen LogP contribution in [0.5, 0.6) is 5.75 Å². The molecule has 0 bridgehead atoms. The average molecular weight is 802 g/mol. The number of nitrogens with one attached hydrogen (secondary N) is 5. The number of thiophene rings is 1. The van der Waals surface area contributed by atoms with Gasteiger partial charge in [-0.3, -0.25) is 20.3 Å². The molecule has 6 heterocycles. The molecule has 0 fully saturated rings. The Morgan fingerprint density at radius 1 is 0.831 bits per heavy atom. The summed E-state index contributed by atoms with van der Waals surface area (Å²) in [6.45, 7) is 0. The van der Waals surface area contributed by atoms with Gasteiger partial charge in [-0.2, -0.15) is 26.6 Å². The molecule has 17 heteroatoms. The predicted octanol–water partition coefficient (Wildman–Crippen LogP) is 7.91. The van der Waals surface area contributed by atoms with Crippen molar-refractivity contribution in [3.05, 3.63) is 132 Å². The third kappa shape index (κ3) is 8.03. The SMILES string of the molecule is CN(C)c1ccc(-c2ccsc2)cc1Nc1ncnc(N)c1C(=N)c1ccn[nH]1.COc1ccc(-c2ccccc2)cc1Nc1ncnc2n[nH]c(-c3ccn(C)n3)c12. The minimum absolute atomic E-state index is 0.170. The van der Waals surface area contributed by atoms with Crippen LogP contribution in [0.25, 0.3) is 44.7 Å². The fraction of sp³-hybridized carbons (Fsp3) is 0.0952. The second-order valence-corrected chi connectivity index (χ2v) is 14.2. The third-order valence-corrected chi connectivity index (χ3v) is 10.0. The number of ether oxygens (including phenoxy) is 1. The molecule has 0 atom stereocenters. The minimum atomic E-state index is 0.170. The molecular weight excluding hydrogens is 763 g/mol. The van der Waals surface area contributed by atoms with Crippen LogP contribution in [0.2, 0.25) is 0 Å². The van der Waals surface area contributed by atoms with Crippen LogP contribution in [-0.4, -0.2) is 77.0 Å². The number of fused-ring (bicyclic) bond motifs is 1. The van der Waals surface area contributed by atoms with Gasteiger partial charge in [0.25, 0.3) is 0 Å². The first-order valence-electron chi connectivity index (χ1n) is 18.3. The molecule has 7 N–H and O–H groups in total. The van der Waals surface area contributed by atoms with E-state index in [9.17, 15) is 0 Å². The summed E-state index contributed by atoms with van der Waals surface area (Å²) in [5.41, 5.74) is 16.4. The summed E-state index contributed by atoms with van der Waals surface area (Å²) < 4.78 is 7.32. The van der Waals surface area contributed by atoms with Crippen molar-refractivity contribution in [2.45, 2.75) is 0 Å². The van der Waals surface area contributed by atoms with Crippen molar-refractivity contribution in [3.63, 3.8) is 0 Å². The lowest BCUT2D eigenvalue weighted by atomic mass is 10.0. The van der Waals surface area contributed by atoms with E-state index in [1.807, 2.05) is 74.7 Å². The molecule has 0 saturated carbocycles. The molecule has 0 aliphatic carbocycles. The second-order valence-electron chi connectivity index (χ2n) is 13.4. The van der Waals surface area contributed by atoms with Gasteiger partial charge >= 0.3 is 0 Å². The van der Waals surface area contributed by atoms with Crippen molar-refractivity contribution in [2.24, 2.45) is 7.05 Å². The van der Waals surface area contributed by atoms with E-state index < -0.39 is 0 Å². The van der Waals surface area contributed by atoms with Crippen LogP contribution >= 0.6 is 11.3 Å². The molecule has 0 saturated heterocycles. The van der Waals surface area contributed by atoms with E-state index >= 15 is 0 Å². The summed E-state index contributed by atoms with van der Waals surface area (Å²) in [5, 5.41) is 38.8. The Balaban J connectivity index is 0.000000164. The zero-order valence-electron chi connectivity index (χ0n) is 32.5. The molecule has 6 aromatic heterocycles. The number of aromatic nitrogens is 10. The van der Waals surface area contributed by atoms with Crippen molar-refractivity contribution >= 4 is 62.6 Å². The predicted molar refractivity (Wildman–Crippen MR) is 234 cm³/mol. The Hall–Kier alpha value is -7.92. The Morgan fingerprint density at radius 3 is 2.32 bits per heavy atom. The maximum Gasteiger partial charge on any atom is 0.186 e. The van der Waals surface area contributed by atoms with E-state index in [0.717, 1.165) is 56.1 Å². The van der Waals surface area contributed by atoms with E-state index in [2.05, 4.69) is 103 Å². The Bertz CT molecular complexity index is 2850. The molecular formula is C42H39N15OS. The number of aromatic amines is 2. The number of hydrogen-bond donors (Lipinski definition) is 6. The number of rotatable bonds is 11. The van der Waals surface area contributed by atoms with Gasteiger partial charge < -0.3 is 26.0 Å². The van der Waals surface area contributed by atoms with Gasteiger partial charge in [0.05, 0.1) is 52.2 Å². The maximum absolute atomic E-state index is 8.55. The number of benzene rings is 3. The normalized spacial score (nSPS) is 10.8. The van der Waals surface area contributed by atoms with Gasteiger partial charge in [0.15, 0.2) is 5.65 Å². The lowest BCUT2D eigenvalue weighted by Crippen LogP contribution is -2.15. The number of hydrogen-bond acceptors (Lipinski definition) is 14. The molecule has 0 aliphatic heterocycles. The van der Waals surface area contributed by atoms with Crippen LogP contribution < -0.4 is 26.0 Å². The summed E-state index contributed by atoms with van der Waals surface area (Å²) in [4.78, 5) is 19.2. The van der Waals surface area contributed by atoms with Gasteiger partial charge in [-0.1, -0.05) is 42.5 Å². The lowest BCUT2D eigenvalue weighted by Gasteiger charge is -2.20. The maximum atomic E-state index is 8.55. The topological polar surface area (TPSA) is 213 Å². The number of anilines is 6. The van der Waals surface area contributed by atoms with Gasteiger partial charge in [-0.05, 0) is 75.5 Å². The highest BCUT2D eigenvalue weighted by Gasteiger charge is 2.20. The van der Waals surface area contributed by atoms with E-state index in [1.165, 1.54) is 12.7 Å². The summed E-state index contributed by atoms with van der Waals surface area (Å²) in [6, 6.07) is 28.1. The minimum Gasteiger partial charge on any atom is -0.495 e. The second kappa shape index (κ2) is 16.7. The van der Waals surface area contributed by atoms with Crippen molar-refractivity contribution in [3.8, 4) is 39.4 Å². The van der Waals surface area contributed by atoms with Gasteiger partial charge in [-0.25, -0.2) is 19.9 Å². The van der Waals surface area contributed by atoms with Gasteiger partial charge in [-0.15, -0.1) is 0 Å². The van der Waals surface area contributed by atoms with Crippen LogP contribution in [0.3, 0.4) is 0 Å². The summed E-state index contributed by atoms with van der Waals surface area (Å²) in [5.74, 6) is 2.02. The van der Waals surface area contributed by atoms with E-state index in [-0.39, 0.29) is 11.5 Å². The number of nitrogen functional groups attached to an aromatic ring is 1. The highest BCUT2D eigenvalue weighted by Crippen LogP contribution is 2.37. The molecule has 9 aromatic rings. The van der Waals surface area contributed by atoms with E-state index in [4.69, 9.17) is 15.9 Å². The summed E-state index contributed by atoms with van der Waals surface area (Å²) >= 11 is 1.66. The number of nitrogens with zero attached hydrogens (tertiary/aromatic N) is 9. The largest absolute Gasteiger partial charge is 0.495 e. The van der Waals surface area contributed by atoms with Crippen molar-refractivity contribution < 1.29 is 4.74 Å². The van der Waals surface area contributed by atoms with Gasteiger partial charge in [0.1, 0.15) is 41.6 Å². The molecule has 0 amide bonds. The highest BCUT2D eigenvalue weighted by atomic mass is 32.1. The average Bonchev–Trinajstić information content (AvgIpc) is 4.10. The third-order valence-electron chi connectivity index (χ3n) is 9.36. The van der Waals surface area contributed by atoms with Crippen LogP contribution in [0, 0.1) is 5.41 Å². The molecule has 0 spiro atoms. The van der Waals surface area contributed by atoms with Crippen molar-refractivity contribution in [2.75, 3.05) is 42.5 Å². The number of methoxy groups -OCH3 is 1. The standard InChI is InChI=1S/C22H19N7O.C20H20N8S/c1-29-11-10-16(28-29)20-19-21(23-13-24-22(19)27-26-20)25-17-12-15(8-9-18(17)30-2)14-6-4-3-5-7-14;1-28(2)16-4-3-12(13-6-8-29-10-13)9-15(16)26-20-17(19(22)23-11-24-20)18(21)14-5-7-25-27-14/h3-13H,1-2H3,(H2,23,24,25,26,27);3-11,21H,1-2H3,(H,25,27)(H3,22,23,24,26). The molecule has 0 aliphatic rings. The summed E-state index contributed by atoms with van der Waals surface area (Å²) in [7, 11) is 7.48. The molecule has 0 radical (unpaired) electrons. The first-order valence-corrected chi connectivity index (χ1v) is 19.2. The zero-order valence-corrected chi connectivity index (χ0v) is 33.3. The van der Waals surface area contributed by atoms with Crippen LogP contribution in [0.15, 0.2) is 121 Å². The first kappa shape index (κ1) is 38.0. The fourth-order valence-electron chi connectivity index (χ4n) is 6.46. The van der Waals surface area contributed by atoms with E-state index in [1.54, 1.807) is 35.4 Å². The highest BCUT2D eigenvalue weighted by molar-refractivity contribution is 7.08. The fourth-order valence-corrected chi connectivity index (χ4v) is 7.13. The van der Waals surface area contributed by atoms with Gasteiger partial charge in [0, 0.05) is 33.5 Å². The first-order chi connectivity index (χ1) is 28.8. The van der Waals surface area contributed by atoms with Crippen molar-refractivity contribution in [1.29, 1.82) is 5.41 Å². The van der Waals surface area contributed by atoms with Crippen LogP contribution in [-0.2, 0) is 7.05 Å². The Labute approximate surface area is 342 Å². The smallest absolute Gasteiger partial charge is 0.186 e. The molecule has 3 aromatic carbocycles. The molecule has 0 unspecified atom stereocenters. The Morgan fingerprint density at radius 2 is 1.59 bits per heavy atom. The molecule has 294 valence electrons. The number of nitrogens with two attached hydrogens (primary N) is 1. The van der Waals surface area contributed by atoms with Crippen LogP contribution in [0.1, 0.15) is 11.3 Å². The quantitative estimate of drug-likeness (QED) is 0.0689. The van der Waals surface area contributed by atoms with E-state index in [0.29, 0.717) is 34.3 Å². The number of aryl methyl sites for hydroxylation is 1. The molecule has 59 heavy (non-hydrogen) atoms. The molecule has 9 rings (SSSR count). The lowest BCUT2D eigenvalue weighted by molar-refractivity contribution is 0.417. The van der Waals surface area contributed by atoms with Gasteiger partial charge in [0.2, 0.25) is 0 Å². The number of H-pyrrole nitrogens is 2. The molecule has 16 nitrogen and oxygen atoms in total. The van der Waals surface area contributed by atoms with Crippen LogP contribution in [0.4, 0.5) is 34.5 Å². The Kier molecular flexibility index (Phi) is 10.7. The monoisotopic (exact) mass is 801 g/mol. The van der Waals surface area contributed by atoms with Crippen molar-refractivity contribution in [1.82, 2.24) is 50.1 Å². The zero-order chi connectivity index (χ0) is 40.9. The summed E-state index contributed by atoms with van der Waals surface area (Å²) in [6.07, 6.45) is 6.34.